The van der Waals surface area contributed by atoms with Crippen molar-refractivity contribution in [3.8, 4) is 0 Å². The third-order valence-electron chi connectivity index (χ3n) is 4.31. The monoisotopic (exact) mass is 453 g/mol. The zero-order valence-corrected chi connectivity index (χ0v) is 18.4. The van der Waals surface area contributed by atoms with E-state index in [-0.39, 0.29) is 29.9 Å². The van der Waals surface area contributed by atoms with Crippen LogP contribution in [0.15, 0.2) is 4.99 Å². The lowest BCUT2D eigenvalue weighted by atomic mass is 9.92. The molecule has 1 aliphatic rings. The van der Waals surface area contributed by atoms with Gasteiger partial charge in [-0.05, 0) is 32.6 Å². The van der Waals surface area contributed by atoms with Crippen molar-refractivity contribution in [1.82, 2.24) is 20.9 Å². The van der Waals surface area contributed by atoms with Crippen LogP contribution in [0.5, 0.6) is 0 Å². The minimum Gasteiger partial charge on any atom is -0.359 e. The fourth-order valence-corrected chi connectivity index (χ4v) is 2.89. The molecule has 3 N–H and O–H groups in total. The third-order valence-corrected chi connectivity index (χ3v) is 4.31. The van der Waals surface area contributed by atoms with Gasteiger partial charge in [0.15, 0.2) is 5.96 Å². The predicted molar refractivity (Wildman–Crippen MR) is 112 cm³/mol. The van der Waals surface area contributed by atoms with Gasteiger partial charge in [0.05, 0.1) is 5.41 Å². The summed E-state index contributed by atoms with van der Waals surface area (Å²) in [6, 6.07) is 0.452. The number of piperidine rings is 1. The van der Waals surface area contributed by atoms with Gasteiger partial charge in [0, 0.05) is 46.3 Å². The van der Waals surface area contributed by atoms with E-state index in [1.807, 2.05) is 13.8 Å². The van der Waals surface area contributed by atoms with Crippen LogP contribution in [0.4, 0.5) is 0 Å². The number of nitrogens with one attached hydrogen (secondary N) is 3. The summed E-state index contributed by atoms with van der Waals surface area (Å²) >= 11 is 0. The van der Waals surface area contributed by atoms with Crippen LogP contribution in [0.3, 0.4) is 0 Å². The van der Waals surface area contributed by atoms with E-state index in [4.69, 9.17) is 0 Å². The molecule has 1 amide bonds. The molecule has 24 heavy (non-hydrogen) atoms. The smallest absolute Gasteiger partial charge is 0.227 e. The molecule has 1 fully saturated rings. The molecular weight excluding hydrogens is 417 g/mol. The van der Waals surface area contributed by atoms with E-state index in [1.54, 1.807) is 14.1 Å². The van der Waals surface area contributed by atoms with Crippen molar-refractivity contribution in [3.63, 3.8) is 0 Å². The van der Waals surface area contributed by atoms with Crippen LogP contribution in [0, 0.1) is 11.3 Å². The number of hydrogen-bond donors (Lipinski definition) is 3. The van der Waals surface area contributed by atoms with Crippen LogP contribution >= 0.6 is 24.0 Å². The van der Waals surface area contributed by atoms with Crippen molar-refractivity contribution in [2.45, 2.75) is 46.6 Å². The maximum absolute atomic E-state index is 11.8. The van der Waals surface area contributed by atoms with E-state index in [0.717, 1.165) is 37.8 Å². The highest BCUT2D eigenvalue weighted by Crippen LogP contribution is 2.14. The van der Waals surface area contributed by atoms with Gasteiger partial charge in [-0.15, -0.1) is 24.0 Å². The average molecular weight is 453 g/mol. The van der Waals surface area contributed by atoms with Crippen molar-refractivity contribution in [3.05, 3.63) is 0 Å². The molecule has 0 aromatic heterocycles. The zero-order valence-electron chi connectivity index (χ0n) is 16.1. The van der Waals surface area contributed by atoms with Crippen molar-refractivity contribution in [2.75, 3.05) is 40.3 Å². The molecular formula is C17H36IN5O. The van der Waals surface area contributed by atoms with Crippen LogP contribution in [-0.4, -0.2) is 63.1 Å². The molecule has 1 rings (SSSR count). The van der Waals surface area contributed by atoms with Gasteiger partial charge >= 0.3 is 0 Å². The first-order valence-corrected chi connectivity index (χ1v) is 8.70. The van der Waals surface area contributed by atoms with Crippen LogP contribution in [0.1, 0.15) is 40.5 Å². The number of rotatable bonds is 6. The van der Waals surface area contributed by atoms with Gasteiger partial charge in [0.1, 0.15) is 0 Å². The van der Waals surface area contributed by atoms with Gasteiger partial charge in [-0.1, -0.05) is 13.8 Å². The normalized spacial score (nSPS) is 17.4. The highest BCUT2D eigenvalue weighted by atomic mass is 127. The summed E-state index contributed by atoms with van der Waals surface area (Å²) in [4.78, 5) is 18.7. The van der Waals surface area contributed by atoms with E-state index >= 15 is 0 Å². The molecule has 1 heterocycles. The Morgan fingerprint density at radius 2 is 1.88 bits per heavy atom. The van der Waals surface area contributed by atoms with Crippen LogP contribution in [0.25, 0.3) is 0 Å². The quantitative estimate of drug-likeness (QED) is 0.325. The number of carbonyl (C=O) groups excluding carboxylic acids is 1. The topological polar surface area (TPSA) is 68.8 Å². The van der Waals surface area contributed by atoms with E-state index < -0.39 is 5.41 Å². The van der Waals surface area contributed by atoms with E-state index in [1.165, 1.54) is 6.54 Å². The van der Waals surface area contributed by atoms with Crippen molar-refractivity contribution >= 4 is 35.8 Å². The fourth-order valence-electron chi connectivity index (χ4n) is 2.89. The first-order valence-electron chi connectivity index (χ1n) is 8.70. The molecule has 0 aromatic carbocycles. The second-order valence-electron chi connectivity index (χ2n) is 7.50. The Kier molecular flexibility index (Phi) is 10.9. The summed E-state index contributed by atoms with van der Waals surface area (Å²) in [6.07, 6.45) is 2.26. The van der Waals surface area contributed by atoms with Gasteiger partial charge in [-0.2, -0.15) is 0 Å². The standard InChI is InChI=1S/C17H35N5O.HI/c1-13(2)11-22-9-7-14(8-10-22)21-16(19-6)20-12-17(3,4)15(23)18-5;/h13-14H,7-12H2,1-6H3,(H,18,23)(H2,19,20,21);1H. The van der Waals surface area contributed by atoms with E-state index in [2.05, 4.69) is 39.7 Å². The minimum atomic E-state index is -0.465. The molecule has 142 valence electrons. The predicted octanol–water partition coefficient (Wildman–Crippen LogP) is 1.66. The Balaban J connectivity index is 0.00000529. The Hall–Kier alpha value is -0.570. The molecule has 0 aliphatic carbocycles. The summed E-state index contributed by atoms with van der Waals surface area (Å²) in [7, 11) is 3.44. The number of likely N-dealkylation sites (tertiary alicyclic amines) is 1. The molecule has 7 heteroatoms. The Morgan fingerprint density at radius 3 is 2.33 bits per heavy atom. The maximum atomic E-state index is 11.8. The largest absolute Gasteiger partial charge is 0.359 e. The second kappa shape index (κ2) is 11.1. The minimum absolute atomic E-state index is 0. The highest BCUT2D eigenvalue weighted by molar-refractivity contribution is 14.0. The van der Waals surface area contributed by atoms with Crippen LogP contribution in [-0.2, 0) is 4.79 Å². The fraction of sp³-hybridized carbons (Fsp3) is 0.882. The van der Waals surface area contributed by atoms with Crippen molar-refractivity contribution in [2.24, 2.45) is 16.3 Å². The lowest BCUT2D eigenvalue weighted by Crippen LogP contribution is -2.52. The van der Waals surface area contributed by atoms with Crippen molar-refractivity contribution in [1.29, 1.82) is 0 Å². The lowest BCUT2D eigenvalue weighted by Gasteiger charge is -2.34. The van der Waals surface area contributed by atoms with Gasteiger partial charge in [0.2, 0.25) is 5.91 Å². The summed E-state index contributed by atoms with van der Waals surface area (Å²) in [5, 5.41) is 9.47. The molecule has 1 saturated heterocycles. The molecule has 0 atom stereocenters. The maximum Gasteiger partial charge on any atom is 0.227 e. The van der Waals surface area contributed by atoms with Gasteiger partial charge in [0.25, 0.3) is 0 Å². The number of hydrogen-bond acceptors (Lipinski definition) is 3. The average Bonchev–Trinajstić information content (AvgIpc) is 2.51. The number of halogens is 1. The summed E-state index contributed by atoms with van der Waals surface area (Å²) < 4.78 is 0. The molecule has 0 saturated carbocycles. The van der Waals surface area contributed by atoms with Gasteiger partial charge < -0.3 is 20.9 Å². The van der Waals surface area contributed by atoms with Crippen LogP contribution < -0.4 is 16.0 Å². The van der Waals surface area contributed by atoms with E-state index in [0.29, 0.717) is 12.6 Å². The third kappa shape index (κ3) is 8.00. The van der Waals surface area contributed by atoms with Crippen molar-refractivity contribution < 1.29 is 4.79 Å². The molecule has 0 bridgehead atoms. The molecule has 6 nitrogen and oxygen atoms in total. The molecule has 1 aliphatic heterocycles. The molecule has 0 radical (unpaired) electrons. The summed E-state index contributed by atoms with van der Waals surface area (Å²) in [5.74, 6) is 1.53. The Labute approximate surface area is 164 Å². The number of carbonyl (C=O) groups is 1. The van der Waals surface area contributed by atoms with Gasteiger partial charge in [-0.3, -0.25) is 9.79 Å². The number of nitrogens with zero attached hydrogens (tertiary/aromatic N) is 2. The molecule has 0 unspecified atom stereocenters. The van der Waals surface area contributed by atoms with Crippen LogP contribution in [0.2, 0.25) is 0 Å². The first kappa shape index (κ1) is 23.4. The summed E-state index contributed by atoms with van der Waals surface area (Å²) in [5.41, 5.74) is -0.465. The molecule has 0 aromatic rings. The lowest BCUT2D eigenvalue weighted by molar-refractivity contribution is -0.128. The van der Waals surface area contributed by atoms with Gasteiger partial charge in [-0.25, -0.2) is 0 Å². The Morgan fingerprint density at radius 1 is 1.29 bits per heavy atom. The first-order chi connectivity index (χ1) is 10.8. The number of amides is 1. The highest BCUT2D eigenvalue weighted by Gasteiger charge is 2.27. The second-order valence-corrected chi connectivity index (χ2v) is 7.50. The zero-order chi connectivity index (χ0) is 17.5. The Bertz CT molecular complexity index is 404. The molecule has 0 spiro atoms. The number of guanidine groups is 1. The number of aliphatic imine (C=N–C) groups is 1. The SMILES string of the molecule is CN=C(NCC(C)(C)C(=O)NC)NC1CCN(CC(C)C)CC1.I. The summed E-state index contributed by atoms with van der Waals surface area (Å²) in [6.45, 7) is 12.4. The van der Waals surface area contributed by atoms with E-state index in [9.17, 15) is 4.79 Å².